The van der Waals surface area contributed by atoms with Crippen molar-refractivity contribution in [1.29, 1.82) is 0 Å². The minimum absolute atomic E-state index is 0.0103. The van der Waals surface area contributed by atoms with Gasteiger partial charge in [-0.3, -0.25) is 14.7 Å². The van der Waals surface area contributed by atoms with E-state index in [4.69, 9.17) is 10.5 Å². The van der Waals surface area contributed by atoms with Crippen LogP contribution in [0.15, 0.2) is 24.5 Å². The van der Waals surface area contributed by atoms with Gasteiger partial charge in [0, 0.05) is 38.6 Å². The molecule has 1 aromatic heterocycles. The molecule has 0 saturated heterocycles. The normalized spacial score (nSPS) is 12.4. The summed E-state index contributed by atoms with van der Waals surface area (Å²) in [5.74, 6) is -0.0351. The summed E-state index contributed by atoms with van der Waals surface area (Å²) < 4.78 is 4.88. The Morgan fingerprint density at radius 1 is 1.53 bits per heavy atom. The van der Waals surface area contributed by atoms with Crippen LogP contribution < -0.4 is 11.1 Å². The maximum absolute atomic E-state index is 11.7. The maximum atomic E-state index is 11.7. The second-order valence-electron chi connectivity index (χ2n) is 4.29. The topological polar surface area (TPSA) is 80.5 Å². The molecule has 1 rings (SSSR count). The molecule has 1 heterocycles. The SMILES string of the molecule is COCCNC(=O)CN(C)C(CN)c1ccncc1. The fraction of sp³-hybridized carbons (Fsp3) is 0.538. The quantitative estimate of drug-likeness (QED) is 0.636. The summed E-state index contributed by atoms with van der Waals surface area (Å²) >= 11 is 0. The van der Waals surface area contributed by atoms with Gasteiger partial charge in [0.25, 0.3) is 0 Å². The molecule has 0 radical (unpaired) electrons. The van der Waals surface area contributed by atoms with Crippen LogP contribution >= 0.6 is 0 Å². The van der Waals surface area contributed by atoms with Gasteiger partial charge in [0.05, 0.1) is 13.2 Å². The number of hydrogen-bond donors (Lipinski definition) is 2. The van der Waals surface area contributed by atoms with Gasteiger partial charge in [0.1, 0.15) is 0 Å². The van der Waals surface area contributed by atoms with Gasteiger partial charge in [0.2, 0.25) is 5.91 Å². The van der Waals surface area contributed by atoms with Crippen molar-refractivity contribution in [1.82, 2.24) is 15.2 Å². The molecule has 0 spiro atoms. The van der Waals surface area contributed by atoms with Crippen LogP contribution in [0.2, 0.25) is 0 Å². The lowest BCUT2D eigenvalue weighted by Gasteiger charge is -2.26. The molecule has 1 amide bonds. The number of carbonyl (C=O) groups excluding carboxylic acids is 1. The molecule has 0 aliphatic heterocycles. The third-order valence-electron chi connectivity index (χ3n) is 2.87. The van der Waals surface area contributed by atoms with E-state index in [2.05, 4.69) is 10.3 Å². The summed E-state index contributed by atoms with van der Waals surface area (Å²) in [6.45, 7) is 1.78. The summed E-state index contributed by atoms with van der Waals surface area (Å²) in [6, 6.07) is 3.84. The van der Waals surface area contributed by atoms with Crippen LogP contribution in [0.1, 0.15) is 11.6 Å². The van der Waals surface area contributed by atoms with Crippen molar-refractivity contribution in [3.05, 3.63) is 30.1 Å². The molecule has 1 unspecified atom stereocenters. The summed E-state index contributed by atoms with van der Waals surface area (Å²) in [6.07, 6.45) is 3.45. The van der Waals surface area contributed by atoms with Crippen molar-refractivity contribution in [2.75, 3.05) is 40.4 Å². The fourth-order valence-electron chi connectivity index (χ4n) is 1.84. The van der Waals surface area contributed by atoms with E-state index in [0.717, 1.165) is 5.56 Å². The Morgan fingerprint density at radius 3 is 2.79 bits per heavy atom. The number of aromatic nitrogens is 1. The molecule has 0 aliphatic rings. The molecule has 3 N–H and O–H groups in total. The summed E-state index contributed by atoms with van der Waals surface area (Å²) in [7, 11) is 3.49. The Morgan fingerprint density at radius 2 is 2.21 bits per heavy atom. The number of hydrogen-bond acceptors (Lipinski definition) is 5. The van der Waals surface area contributed by atoms with E-state index in [1.54, 1.807) is 19.5 Å². The number of ether oxygens (including phenoxy) is 1. The first-order valence-corrected chi connectivity index (χ1v) is 6.25. The summed E-state index contributed by atoms with van der Waals surface area (Å²) in [5, 5.41) is 2.79. The number of amides is 1. The molecule has 0 aliphatic carbocycles. The molecular formula is C13H22N4O2. The van der Waals surface area contributed by atoms with Gasteiger partial charge in [-0.1, -0.05) is 0 Å². The Bertz CT molecular complexity index is 372. The molecule has 1 aromatic rings. The van der Waals surface area contributed by atoms with Gasteiger partial charge in [-0.2, -0.15) is 0 Å². The second kappa shape index (κ2) is 8.58. The zero-order valence-electron chi connectivity index (χ0n) is 11.5. The molecule has 6 nitrogen and oxygen atoms in total. The Kier molecular flexibility index (Phi) is 7.02. The number of nitrogens with zero attached hydrogens (tertiary/aromatic N) is 2. The van der Waals surface area contributed by atoms with Crippen LogP contribution in [-0.4, -0.2) is 56.2 Å². The number of pyridine rings is 1. The fourth-order valence-corrected chi connectivity index (χ4v) is 1.84. The van der Waals surface area contributed by atoms with Crippen molar-refractivity contribution in [3.8, 4) is 0 Å². The number of nitrogens with one attached hydrogen (secondary N) is 1. The van der Waals surface area contributed by atoms with E-state index in [1.807, 2.05) is 24.1 Å². The van der Waals surface area contributed by atoms with Crippen molar-refractivity contribution in [3.63, 3.8) is 0 Å². The minimum atomic E-state index is -0.0351. The number of carbonyl (C=O) groups is 1. The predicted molar refractivity (Wildman–Crippen MR) is 73.5 cm³/mol. The summed E-state index contributed by atoms with van der Waals surface area (Å²) in [5.41, 5.74) is 6.85. The highest BCUT2D eigenvalue weighted by Gasteiger charge is 2.17. The van der Waals surface area contributed by atoms with Gasteiger partial charge >= 0.3 is 0 Å². The van der Waals surface area contributed by atoms with Crippen molar-refractivity contribution < 1.29 is 9.53 Å². The second-order valence-corrected chi connectivity index (χ2v) is 4.29. The van der Waals surface area contributed by atoms with E-state index in [-0.39, 0.29) is 11.9 Å². The number of likely N-dealkylation sites (N-methyl/N-ethyl adjacent to an activating group) is 1. The highest BCUT2D eigenvalue weighted by Crippen LogP contribution is 2.16. The molecule has 0 bridgehead atoms. The Labute approximate surface area is 113 Å². The largest absolute Gasteiger partial charge is 0.383 e. The molecule has 19 heavy (non-hydrogen) atoms. The predicted octanol–water partition coefficient (Wildman–Crippen LogP) is -0.224. The first-order valence-electron chi connectivity index (χ1n) is 6.25. The first-order chi connectivity index (χ1) is 9.19. The van der Waals surface area contributed by atoms with Crippen LogP contribution in [0.25, 0.3) is 0 Å². The van der Waals surface area contributed by atoms with Gasteiger partial charge in [-0.25, -0.2) is 0 Å². The highest BCUT2D eigenvalue weighted by molar-refractivity contribution is 5.78. The third kappa shape index (κ3) is 5.34. The third-order valence-corrected chi connectivity index (χ3v) is 2.87. The molecule has 6 heteroatoms. The average molecular weight is 266 g/mol. The highest BCUT2D eigenvalue weighted by atomic mass is 16.5. The van der Waals surface area contributed by atoms with Crippen LogP contribution in [0.4, 0.5) is 0 Å². The van der Waals surface area contributed by atoms with Crippen LogP contribution in [0.3, 0.4) is 0 Å². The summed E-state index contributed by atoms with van der Waals surface area (Å²) in [4.78, 5) is 17.6. The first kappa shape index (κ1) is 15.6. The average Bonchev–Trinajstić information content (AvgIpc) is 2.41. The molecule has 106 valence electrons. The Balaban J connectivity index is 2.50. The maximum Gasteiger partial charge on any atom is 0.234 e. The monoisotopic (exact) mass is 266 g/mol. The molecule has 1 atom stereocenters. The standard InChI is InChI=1S/C13H22N4O2/c1-17(10-13(18)16-7-8-19-2)12(9-14)11-3-5-15-6-4-11/h3-6,12H,7-10,14H2,1-2H3,(H,16,18). The van der Waals surface area contributed by atoms with Crippen LogP contribution in [0.5, 0.6) is 0 Å². The molecule has 0 fully saturated rings. The molecular weight excluding hydrogens is 244 g/mol. The van der Waals surface area contributed by atoms with E-state index in [9.17, 15) is 4.79 Å². The lowest BCUT2D eigenvalue weighted by atomic mass is 10.1. The van der Waals surface area contributed by atoms with E-state index >= 15 is 0 Å². The van der Waals surface area contributed by atoms with Gasteiger partial charge in [-0.15, -0.1) is 0 Å². The lowest BCUT2D eigenvalue weighted by Crippen LogP contribution is -2.40. The van der Waals surface area contributed by atoms with Crippen molar-refractivity contribution >= 4 is 5.91 Å². The van der Waals surface area contributed by atoms with E-state index in [0.29, 0.717) is 26.2 Å². The molecule has 0 saturated carbocycles. The molecule has 0 aromatic carbocycles. The van der Waals surface area contributed by atoms with E-state index in [1.165, 1.54) is 0 Å². The zero-order chi connectivity index (χ0) is 14.1. The van der Waals surface area contributed by atoms with Gasteiger partial charge in [-0.05, 0) is 24.7 Å². The number of nitrogens with two attached hydrogens (primary N) is 1. The van der Waals surface area contributed by atoms with Crippen LogP contribution in [-0.2, 0) is 9.53 Å². The van der Waals surface area contributed by atoms with Crippen LogP contribution in [0, 0.1) is 0 Å². The number of methoxy groups -OCH3 is 1. The van der Waals surface area contributed by atoms with Gasteiger partial charge in [0.15, 0.2) is 0 Å². The van der Waals surface area contributed by atoms with Gasteiger partial charge < -0.3 is 15.8 Å². The minimum Gasteiger partial charge on any atom is -0.383 e. The van der Waals surface area contributed by atoms with E-state index < -0.39 is 0 Å². The lowest BCUT2D eigenvalue weighted by molar-refractivity contribution is -0.122. The van der Waals surface area contributed by atoms with Crippen molar-refractivity contribution in [2.24, 2.45) is 5.73 Å². The van der Waals surface area contributed by atoms with Crippen molar-refractivity contribution in [2.45, 2.75) is 6.04 Å². The zero-order valence-corrected chi connectivity index (χ0v) is 11.5. The Hall–Kier alpha value is -1.50. The number of rotatable bonds is 8. The smallest absolute Gasteiger partial charge is 0.234 e.